The number of rotatable bonds is 7. The molecule has 1 aromatic rings. The Morgan fingerprint density at radius 3 is 2.59 bits per heavy atom. The van der Waals surface area contributed by atoms with E-state index in [1.54, 1.807) is 0 Å². The van der Waals surface area contributed by atoms with Gasteiger partial charge in [-0.2, -0.15) is 0 Å². The van der Waals surface area contributed by atoms with E-state index in [4.69, 9.17) is 0 Å². The fourth-order valence-electron chi connectivity index (χ4n) is 1.51. The molecule has 0 saturated heterocycles. The van der Waals surface area contributed by atoms with Crippen molar-refractivity contribution in [2.45, 2.75) is 26.3 Å². The van der Waals surface area contributed by atoms with Crippen molar-refractivity contribution in [3.8, 4) is 0 Å². The van der Waals surface area contributed by atoms with Gasteiger partial charge in [-0.05, 0) is 17.7 Å². The normalized spacial score (nSPS) is 12.4. The summed E-state index contributed by atoms with van der Waals surface area (Å²) >= 11 is 1.37. The van der Waals surface area contributed by atoms with E-state index in [9.17, 15) is 4.79 Å². The van der Waals surface area contributed by atoms with Crippen LogP contribution in [0, 0.1) is 0 Å². The maximum Gasteiger partial charge on any atom is 0.207 e. The maximum absolute atomic E-state index is 11.9. The van der Waals surface area contributed by atoms with Crippen LogP contribution in [0.3, 0.4) is 0 Å². The van der Waals surface area contributed by atoms with Crippen molar-refractivity contribution in [1.82, 2.24) is 10.9 Å². The van der Waals surface area contributed by atoms with E-state index in [-0.39, 0.29) is 11.2 Å². The van der Waals surface area contributed by atoms with Crippen LogP contribution in [0.1, 0.15) is 19.4 Å². The number of nitrogens with one attached hydrogen (secondary N) is 2. The Balaban J connectivity index is 2.59. The zero-order chi connectivity index (χ0) is 12.5. The first-order chi connectivity index (χ1) is 8.27. The summed E-state index contributed by atoms with van der Waals surface area (Å²) in [6.45, 7) is 4.80. The molecule has 0 aliphatic rings. The topological polar surface area (TPSA) is 41.1 Å². The molecule has 0 aromatic heterocycles. The van der Waals surface area contributed by atoms with Crippen LogP contribution in [0.2, 0.25) is 0 Å². The molecule has 0 saturated carbocycles. The molecule has 3 nitrogen and oxygen atoms in total. The molecule has 1 aromatic carbocycles. The van der Waals surface area contributed by atoms with E-state index in [0.717, 1.165) is 18.7 Å². The van der Waals surface area contributed by atoms with E-state index >= 15 is 0 Å². The zero-order valence-corrected chi connectivity index (χ0v) is 11.2. The summed E-state index contributed by atoms with van der Waals surface area (Å²) in [7, 11) is 0. The predicted octanol–water partition coefficient (Wildman–Crippen LogP) is 1.99. The Hall–Kier alpha value is -0.840. The minimum atomic E-state index is -0.165. The van der Waals surface area contributed by atoms with E-state index in [0.29, 0.717) is 0 Å². The third-order valence-electron chi connectivity index (χ3n) is 2.31. The molecule has 0 aliphatic heterocycles. The number of carbonyl (C=O) groups excluding carboxylic acids is 1. The number of carbonyl (C=O) groups is 1. The molecule has 0 heterocycles. The second-order valence-corrected chi connectivity index (χ2v) is 4.94. The van der Waals surface area contributed by atoms with Crippen LogP contribution in [0.4, 0.5) is 0 Å². The summed E-state index contributed by atoms with van der Waals surface area (Å²) in [6, 6.07) is 9.91. The third-order valence-corrected chi connectivity index (χ3v) is 3.16. The van der Waals surface area contributed by atoms with Crippen LogP contribution in [0.15, 0.2) is 30.3 Å². The summed E-state index contributed by atoms with van der Waals surface area (Å²) < 4.78 is 0. The molecule has 0 bridgehead atoms. The first-order valence-corrected chi connectivity index (χ1v) is 6.95. The molecular formula is C13H20N2OS. The van der Waals surface area contributed by atoms with E-state index in [2.05, 4.69) is 10.9 Å². The zero-order valence-electron chi connectivity index (χ0n) is 10.4. The molecule has 0 unspecified atom stereocenters. The molecule has 0 radical (unpaired) electrons. The second-order valence-electron chi connectivity index (χ2n) is 3.67. The Bertz CT molecular complexity index is 329. The van der Waals surface area contributed by atoms with E-state index < -0.39 is 0 Å². The van der Waals surface area contributed by atoms with Gasteiger partial charge in [0.15, 0.2) is 0 Å². The van der Waals surface area contributed by atoms with Crippen molar-refractivity contribution in [2.24, 2.45) is 0 Å². The van der Waals surface area contributed by atoms with Crippen molar-refractivity contribution in [3.05, 3.63) is 35.9 Å². The minimum Gasteiger partial charge on any atom is -0.285 e. The molecule has 94 valence electrons. The lowest BCUT2D eigenvalue weighted by Gasteiger charge is -2.17. The van der Waals surface area contributed by atoms with Gasteiger partial charge >= 0.3 is 0 Å². The molecule has 4 heteroatoms. The summed E-state index contributed by atoms with van der Waals surface area (Å²) in [5.74, 6) is 0.817. The van der Waals surface area contributed by atoms with Crippen LogP contribution < -0.4 is 10.9 Å². The van der Waals surface area contributed by atoms with Gasteiger partial charge < -0.3 is 0 Å². The van der Waals surface area contributed by atoms with Crippen molar-refractivity contribution in [1.29, 1.82) is 0 Å². The minimum absolute atomic E-state index is 0.165. The van der Waals surface area contributed by atoms with Crippen molar-refractivity contribution in [3.63, 3.8) is 0 Å². The molecule has 0 fully saturated rings. The van der Waals surface area contributed by atoms with Gasteiger partial charge in [0.05, 0.1) is 6.04 Å². The van der Waals surface area contributed by atoms with Gasteiger partial charge in [0.1, 0.15) is 0 Å². The molecular weight excluding hydrogens is 232 g/mol. The van der Waals surface area contributed by atoms with E-state index in [1.165, 1.54) is 17.3 Å². The number of hydrazine groups is 1. The fourth-order valence-corrected chi connectivity index (χ4v) is 2.14. The van der Waals surface area contributed by atoms with Crippen molar-refractivity contribution in [2.75, 3.05) is 12.3 Å². The molecule has 2 N–H and O–H groups in total. The van der Waals surface area contributed by atoms with Crippen LogP contribution in [-0.2, 0) is 11.2 Å². The number of hydrogen-bond donors (Lipinski definition) is 2. The standard InChI is InChI=1S/C13H20N2OS/c1-3-14-15-12(13(16)17-4-2)10-11-8-6-5-7-9-11/h5-9,12,14-15H,3-4,10H2,1-2H3/t12-/m0/s1. The van der Waals surface area contributed by atoms with Crippen LogP contribution in [0.25, 0.3) is 0 Å². The first kappa shape index (κ1) is 14.2. The second kappa shape index (κ2) is 8.28. The molecule has 1 atom stereocenters. The van der Waals surface area contributed by atoms with Crippen molar-refractivity contribution < 1.29 is 4.79 Å². The van der Waals surface area contributed by atoms with Gasteiger partial charge in [-0.3, -0.25) is 10.2 Å². The van der Waals surface area contributed by atoms with Gasteiger partial charge in [-0.25, -0.2) is 5.43 Å². The van der Waals surface area contributed by atoms with Gasteiger partial charge in [-0.1, -0.05) is 55.9 Å². The fraction of sp³-hybridized carbons (Fsp3) is 0.462. The lowest BCUT2D eigenvalue weighted by atomic mass is 10.1. The molecule has 1 rings (SSSR count). The largest absolute Gasteiger partial charge is 0.285 e. The summed E-state index contributed by atoms with van der Waals surface area (Å²) in [6.07, 6.45) is 0.722. The lowest BCUT2D eigenvalue weighted by Crippen LogP contribution is -2.45. The van der Waals surface area contributed by atoms with Crippen LogP contribution in [0.5, 0.6) is 0 Å². The number of thioether (sulfide) groups is 1. The van der Waals surface area contributed by atoms with Crippen molar-refractivity contribution >= 4 is 16.9 Å². The summed E-state index contributed by atoms with van der Waals surface area (Å²) in [5, 5.41) is 0.192. The van der Waals surface area contributed by atoms with Gasteiger partial charge in [0.2, 0.25) is 5.12 Å². The highest BCUT2D eigenvalue weighted by atomic mass is 32.2. The van der Waals surface area contributed by atoms with Gasteiger partial charge in [0.25, 0.3) is 0 Å². The quantitative estimate of drug-likeness (QED) is 0.728. The highest BCUT2D eigenvalue weighted by Crippen LogP contribution is 2.10. The summed E-state index contributed by atoms with van der Waals surface area (Å²) in [5.41, 5.74) is 7.28. The molecule has 17 heavy (non-hydrogen) atoms. The monoisotopic (exact) mass is 252 g/mol. The smallest absolute Gasteiger partial charge is 0.207 e. The van der Waals surface area contributed by atoms with E-state index in [1.807, 2.05) is 44.2 Å². The first-order valence-electron chi connectivity index (χ1n) is 5.96. The van der Waals surface area contributed by atoms with Gasteiger partial charge in [-0.15, -0.1) is 0 Å². The Kier molecular flexibility index (Phi) is 6.93. The lowest BCUT2D eigenvalue weighted by molar-refractivity contribution is -0.113. The van der Waals surface area contributed by atoms with Gasteiger partial charge in [0, 0.05) is 6.54 Å². The Morgan fingerprint density at radius 2 is 2.00 bits per heavy atom. The number of benzene rings is 1. The SMILES string of the molecule is CCNN[C@@H](Cc1ccccc1)C(=O)SCC. The molecule has 0 amide bonds. The average molecular weight is 252 g/mol. The highest BCUT2D eigenvalue weighted by molar-refractivity contribution is 8.13. The maximum atomic E-state index is 11.9. The Labute approximate surface area is 107 Å². The number of hydrogen-bond acceptors (Lipinski definition) is 4. The predicted molar refractivity (Wildman–Crippen MR) is 73.9 cm³/mol. The highest BCUT2D eigenvalue weighted by Gasteiger charge is 2.17. The molecule has 0 spiro atoms. The molecule has 0 aliphatic carbocycles. The third kappa shape index (κ3) is 5.35. The summed E-state index contributed by atoms with van der Waals surface area (Å²) in [4.78, 5) is 11.9. The Morgan fingerprint density at radius 1 is 1.29 bits per heavy atom. The average Bonchev–Trinajstić information content (AvgIpc) is 2.36. The van der Waals surface area contributed by atoms with Crippen LogP contribution in [-0.4, -0.2) is 23.5 Å². The van der Waals surface area contributed by atoms with Crippen LogP contribution >= 0.6 is 11.8 Å².